The molecule has 0 saturated carbocycles. The number of phenolic OH excluding ortho intramolecular Hbond substituents is 1. The Labute approximate surface area is 171 Å². The average Bonchev–Trinajstić information content (AvgIpc) is 3.11. The Bertz CT molecular complexity index is 1100. The van der Waals surface area contributed by atoms with E-state index in [1.165, 1.54) is 21.5 Å². The van der Waals surface area contributed by atoms with E-state index in [0.717, 1.165) is 23.0 Å². The summed E-state index contributed by atoms with van der Waals surface area (Å²) in [6, 6.07) is 20.3. The van der Waals surface area contributed by atoms with Gasteiger partial charge in [-0.15, -0.1) is 15.0 Å². The predicted molar refractivity (Wildman–Crippen MR) is 118 cm³/mol. The number of hydrogen-bond donors (Lipinski definition) is 1. The van der Waals surface area contributed by atoms with Crippen LogP contribution in [0.5, 0.6) is 5.75 Å². The van der Waals surface area contributed by atoms with Crippen LogP contribution in [0.1, 0.15) is 61.8 Å². The van der Waals surface area contributed by atoms with Crippen molar-refractivity contribution in [3.8, 4) is 11.4 Å². The van der Waals surface area contributed by atoms with Crippen molar-refractivity contribution >= 4 is 11.0 Å². The van der Waals surface area contributed by atoms with Crippen LogP contribution in [0, 0.1) is 0 Å². The van der Waals surface area contributed by atoms with Crippen molar-refractivity contribution in [1.29, 1.82) is 0 Å². The molecule has 4 aromatic rings. The molecule has 4 heteroatoms. The van der Waals surface area contributed by atoms with Gasteiger partial charge in [0.1, 0.15) is 22.5 Å². The summed E-state index contributed by atoms with van der Waals surface area (Å²) in [6.07, 6.45) is 0.780. The van der Waals surface area contributed by atoms with Crippen LogP contribution in [0.3, 0.4) is 0 Å². The van der Waals surface area contributed by atoms with Crippen molar-refractivity contribution in [3.05, 3.63) is 82.9 Å². The molecule has 4 rings (SSSR count). The lowest BCUT2D eigenvalue weighted by atomic mass is 9.91. The van der Waals surface area contributed by atoms with Gasteiger partial charge in [0.2, 0.25) is 0 Å². The number of hydrogen-bond acceptors (Lipinski definition) is 3. The molecule has 4 nitrogen and oxygen atoms in total. The number of fused-ring (bicyclic) bond motifs is 1. The molecule has 0 aliphatic rings. The van der Waals surface area contributed by atoms with Crippen molar-refractivity contribution in [2.45, 2.75) is 46.0 Å². The Kier molecular flexibility index (Phi) is 5.10. The second kappa shape index (κ2) is 7.70. The van der Waals surface area contributed by atoms with Gasteiger partial charge in [-0.2, -0.15) is 0 Å². The predicted octanol–water partition coefficient (Wildman–Crippen LogP) is 5.96. The summed E-state index contributed by atoms with van der Waals surface area (Å²) in [5.41, 5.74) is 7.27. The minimum atomic E-state index is 0.187. The molecule has 0 saturated heterocycles. The average molecular weight is 386 g/mol. The van der Waals surface area contributed by atoms with Gasteiger partial charge in [0.25, 0.3) is 0 Å². The highest BCUT2D eigenvalue weighted by Gasteiger charge is 2.11. The van der Waals surface area contributed by atoms with Gasteiger partial charge in [-0.1, -0.05) is 64.1 Å². The van der Waals surface area contributed by atoms with E-state index in [9.17, 15) is 5.11 Å². The number of rotatable bonds is 5. The van der Waals surface area contributed by atoms with Gasteiger partial charge in [0.15, 0.2) is 0 Å². The summed E-state index contributed by atoms with van der Waals surface area (Å²) in [5, 5.41) is 19.6. The third kappa shape index (κ3) is 4.02. The van der Waals surface area contributed by atoms with Crippen LogP contribution in [-0.4, -0.2) is 20.1 Å². The Morgan fingerprint density at radius 3 is 1.86 bits per heavy atom. The summed E-state index contributed by atoms with van der Waals surface area (Å²) in [6.45, 7) is 8.91. The standard InChI is InChI=1S/C25H27N3O/c1-16(2)20-12-19(13-21(15-20)17(3)4)11-18-9-10-24(25(29)14-18)28-26-22-7-5-6-8-23(22)27-28/h5-10,12-17,29H,11H2,1-4H3. The molecule has 29 heavy (non-hydrogen) atoms. The van der Waals surface area contributed by atoms with Gasteiger partial charge in [-0.05, 0) is 64.8 Å². The molecule has 0 radical (unpaired) electrons. The van der Waals surface area contributed by atoms with Crippen molar-refractivity contribution in [1.82, 2.24) is 15.0 Å². The first-order valence-electron chi connectivity index (χ1n) is 10.2. The normalized spacial score (nSPS) is 11.7. The monoisotopic (exact) mass is 385 g/mol. The molecule has 0 bridgehead atoms. The number of benzene rings is 3. The van der Waals surface area contributed by atoms with E-state index in [0.29, 0.717) is 17.5 Å². The van der Waals surface area contributed by atoms with Crippen LogP contribution < -0.4 is 0 Å². The van der Waals surface area contributed by atoms with Gasteiger partial charge in [0, 0.05) is 0 Å². The van der Waals surface area contributed by atoms with Gasteiger partial charge in [-0.25, -0.2) is 0 Å². The summed E-state index contributed by atoms with van der Waals surface area (Å²) in [4.78, 5) is 1.50. The molecule has 0 aliphatic heterocycles. The second-order valence-electron chi connectivity index (χ2n) is 8.30. The molecule has 0 atom stereocenters. The number of aromatic nitrogens is 3. The van der Waals surface area contributed by atoms with E-state index in [-0.39, 0.29) is 5.75 Å². The van der Waals surface area contributed by atoms with Crippen molar-refractivity contribution in [3.63, 3.8) is 0 Å². The second-order valence-corrected chi connectivity index (χ2v) is 8.30. The van der Waals surface area contributed by atoms with Gasteiger partial charge >= 0.3 is 0 Å². The first-order chi connectivity index (χ1) is 13.9. The first-order valence-corrected chi connectivity index (χ1v) is 10.2. The van der Waals surface area contributed by atoms with Crippen LogP contribution in [-0.2, 0) is 6.42 Å². The SMILES string of the molecule is CC(C)c1cc(Cc2ccc(-n3nc4ccccc4n3)c(O)c2)cc(C(C)C)c1. The van der Waals surface area contributed by atoms with Gasteiger partial charge < -0.3 is 5.11 Å². The Morgan fingerprint density at radius 2 is 1.34 bits per heavy atom. The lowest BCUT2D eigenvalue weighted by Crippen LogP contribution is -2.01. The lowest BCUT2D eigenvalue weighted by molar-refractivity contribution is 0.467. The molecule has 0 fully saturated rings. The molecule has 1 aromatic heterocycles. The highest BCUT2D eigenvalue weighted by Crippen LogP contribution is 2.27. The fraction of sp³-hybridized carbons (Fsp3) is 0.280. The maximum atomic E-state index is 10.6. The largest absolute Gasteiger partial charge is 0.506 e. The summed E-state index contributed by atoms with van der Waals surface area (Å²) in [5.74, 6) is 1.17. The zero-order chi connectivity index (χ0) is 20.5. The van der Waals surface area contributed by atoms with Crippen molar-refractivity contribution in [2.75, 3.05) is 0 Å². The fourth-order valence-electron chi connectivity index (χ4n) is 3.57. The molecule has 1 N–H and O–H groups in total. The molecule has 0 spiro atoms. The molecule has 0 aliphatic carbocycles. The number of phenols is 1. The van der Waals surface area contributed by atoms with E-state index >= 15 is 0 Å². The fourth-order valence-corrected chi connectivity index (χ4v) is 3.57. The molecule has 148 valence electrons. The Hall–Kier alpha value is -3.14. The van der Waals surface area contributed by atoms with Crippen LogP contribution in [0.25, 0.3) is 16.7 Å². The van der Waals surface area contributed by atoms with Gasteiger partial charge in [0.05, 0.1) is 0 Å². The van der Waals surface area contributed by atoms with Crippen LogP contribution in [0.2, 0.25) is 0 Å². The topological polar surface area (TPSA) is 50.9 Å². The van der Waals surface area contributed by atoms with Crippen LogP contribution in [0.4, 0.5) is 0 Å². The zero-order valence-corrected chi connectivity index (χ0v) is 17.4. The van der Waals surface area contributed by atoms with Crippen molar-refractivity contribution < 1.29 is 5.11 Å². The number of nitrogens with zero attached hydrogens (tertiary/aromatic N) is 3. The Morgan fingerprint density at radius 1 is 0.759 bits per heavy atom. The van der Waals surface area contributed by atoms with E-state index in [1.54, 1.807) is 0 Å². The first kappa shape index (κ1) is 19.2. The molecule has 0 amide bonds. The molecular formula is C25H27N3O. The maximum absolute atomic E-state index is 10.6. The summed E-state index contributed by atoms with van der Waals surface area (Å²) in [7, 11) is 0. The summed E-state index contributed by atoms with van der Waals surface area (Å²) >= 11 is 0. The quantitative estimate of drug-likeness (QED) is 0.461. The number of aromatic hydroxyl groups is 1. The van der Waals surface area contributed by atoms with E-state index in [4.69, 9.17) is 0 Å². The Balaban J connectivity index is 1.65. The minimum absolute atomic E-state index is 0.187. The molecule has 3 aromatic carbocycles. The lowest BCUT2D eigenvalue weighted by Gasteiger charge is -2.15. The minimum Gasteiger partial charge on any atom is -0.506 e. The zero-order valence-electron chi connectivity index (χ0n) is 17.4. The van der Waals surface area contributed by atoms with Crippen LogP contribution in [0.15, 0.2) is 60.7 Å². The molecular weight excluding hydrogens is 358 g/mol. The molecule has 1 heterocycles. The van der Waals surface area contributed by atoms with E-state index < -0.39 is 0 Å². The van der Waals surface area contributed by atoms with Gasteiger partial charge in [-0.3, -0.25) is 0 Å². The highest BCUT2D eigenvalue weighted by molar-refractivity contribution is 5.73. The van der Waals surface area contributed by atoms with E-state index in [2.05, 4.69) is 56.1 Å². The smallest absolute Gasteiger partial charge is 0.143 e. The third-order valence-electron chi connectivity index (χ3n) is 5.32. The maximum Gasteiger partial charge on any atom is 0.143 e. The van der Waals surface area contributed by atoms with Crippen LogP contribution >= 0.6 is 0 Å². The third-order valence-corrected chi connectivity index (χ3v) is 5.32. The van der Waals surface area contributed by atoms with E-state index in [1.807, 2.05) is 42.5 Å². The highest BCUT2D eigenvalue weighted by atomic mass is 16.3. The van der Waals surface area contributed by atoms with Crippen molar-refractivity contribution in [2.24, 2.45) is 0 Å². The summed E-state index contributed by atoms with van der Waals surface area (Å²) < 4.78 is 0. The molecule has 0 unspecified atom stereocenters.